The summed E-state index contributed by atoms with van der Waals surface area (Å²) >= 11 is 0. The standard InChI is InChI=1S/C28H48N4O9/c1-5-6-9-16-30-25(33)24(17-20-11-13-21(14-12-20)40-22(18-38-36)19-39-37)31-26(34)23(10-7-8-15-29)32-27(35)41-28(2,3)4/h11-14,22-24,36-37H,5-10,15-19,29H2,1-4H3,(H,30,33)(H,31,34)(H,32,35). The molecule has 13 nitrogen and oxygen atoms in total. The summed E-state index contributed by atoms with van der Waals surface area (Å²) in [4.78, 5) is 47.1. The minimum absolute atomic E-state index is 0.177. The van der Waals surface area contributed by atoms with Crippen LogP contribution in [0.1, 0.15) is 71.8 Å². The smallest absolute Gasteiger partial charge is 0.408 e. The second kappa shape index (κ2) is 20.0. The molecule has 0 fully saturated rings. The van der Waals surface area contributed by atoms with Crippen molar-refractivity contribution in [2.75, 3.05) is 26.3 Å². The van der Waals surface area contributed by atoms with Crippen molar-refractivity contribution >= 4 is 17.9 Å². The maximum Gasteiger partial charge on any atom is 0.408 e. The van der Waals surface area contributed by atoms with Gasteiger partial charge in [0.25, 0.3) is 0 Å². The third-order valence-electron chi connectivity index (χ3n) is 5.85. The predicted molar refractivity (Wildman–Crippen MR) is 152 cm³/mol. The highest BCUT2D eigenvalue weighted by atomic mass is 17.1. The Kier molecular flexibility index (Phi) is 17.6. The van der Waals surface area contributed by atoms with E-state index in [0.29, 0.717) is 38.1 Å². The number of unbranched alkanes of at least 4 members (excludes halogenated alkanes) is 3. The number of rotatable bonds is 20. The quantitative estimate of drug-likeness (QED) is 0.0755. The minimum Gasteiger partial charge on any atom is -0.485 e. The number of benzene rings is 1. The molecule has 0 aliphatic rings. The van der Waals surface area contributed by atoms with Crippen LogP contribution < -0.4 is 26.4 Å². The Morgan fingerprint density at radius 3 is 2.12 bits per heavy atom. The van der Waals surface area contributed by atoms with Crippen LogP contribution >= 0.6 is 0 Å². The van der Waals surface area contributed by atoms with Crippen molar-refractivity contribution in [2.45, 2.75) is 96.4 Å². The van der Waals surface area contributed by atoms with Crippen molar-refractivity contribution in [3.63, 3.8) is 0 Å². The normalized spacial score (nSPS) is 12.9. The summed E-state index contributed by atoms with van der Waals surface area (Å²) in [5.41, 5.74) is 5.60. The van der Waals surface area contributed by atoms with Crippen molar-refractivity contribution in [1.29, 1.82) is 0 Å². The van der Waals surface area contributed by atoms with Crippen LogP contribution in [0.4, 0.5) is 4.79 Å². The van der Waals surface area contributed by atoms with Crippen molar-refractivity contribution < 1.29 is 44.1 Å². The Morgan fingerprint density at radius 2 is 1.56 bits per heavy atom. The van der Waals surface area contributed by atoms with Gasteiger partial charge in [-0.2, -0.15) is 0 Å². The molecule has 0 saturated heterocycles. The molecule has 1 aromatic carbocycles. The highest BCUT2D eigenvalue weighted by Gasteiger charge is 2.28. The Morgan fingerprint density at radius 1 is 0.902 bits per heavy atom. The Hall–Kier alpha value is -2.97. The van der Waals surface area contributed by atoms with Crippen LogP contribution in [-0.4, -0.2) is 78.5 Å². The SMILES string of the molecule is CCCCCNC(=O)C(Cc1ccc(OC(COO)COO)cc1)NC(=O)C(CCCCN)NC(=O)OC(C)(C)C. The molecule has 0 heterocycles. The maximum absolute atomic E-state index is 13.3. The molecule has 0 aromatic heterocycles. The van der Waals surface area contributed by atoms with E-state index < -0.39 is 35.8 Å². The Bertz CT molecular complexity index is 888. The largest absolute Gasteiger partial charge is 0.485 e. The molecule has 0 aliphatic carbocycles. The van der Waals surface area contributed by atoms with Crippen LogP contribution in [0.2, 0.25) is 0 Å². The minimum atomic E-state index is -0.915. The fourth-order valence-electron chi connectivity index (χ4n) is 3.82. The van der Waals surface area contributed by atoms with Gasteiger partial charge in [-0.05, 0) is 70.7 Å². The van der Waals surface area contributed by atoms with Gasteiger partial charge in [0, 0.05) is 13.0 Å². The van der Waals surface area contributed by atoms with E-state index in [1.165, 1.54) is 0 Å². The van der Waals surface area contributed by atoms with Gasteiger partial charge in [-0.25, -0.2) is 14.6 Å². The molecule has 2 atom stereocenters. The van der Waals surface area contributed by atoms with Crippen molar-refractivity contribution in [2.24, 2.45) is 5.73 Å². The molecule has 0 bridgehead atoms. The zero-order valence-corrected chi connectivity index (χ0v) is 24.6. The molecule has 234 valence electrons. The lowest BCUT2D eigenvalue weighted by atomic mass is 10.0. The van der Waals surface area contributed by atoms with E-state index in [9.17, 15) is 14.4 Å². The maximum atomic E-state index is 13.3. The zero-order chi connectivity index (χ0) is 30.7. The van der Waals surface area contributed by atoms with Crippen molar-refractivity contribution in [3.8, 4) is 5.75 Å². The first kappa shape index (κ1) is 36.1. The van der Waals surface area contributed by atoms with E-state index in [2.05, 4.69) is 32.6 Å². The Labute approximate surface area is 242 Å². The number of alkyl carbamates (subject to hydrolysis) is 1. The average molecular weight is 585 g/mol. The lowest BCUT2D eigenvalue weighted by Gasteiger charge is -2.25. The van der Waals surface area contributed by atoms with Gasteiger partial charge in [0.2, 0.25) is 11.8 Å². The van der Waals surface area contributed by atoms with E-state index in [1.54, 1.807) is 45.0 Å². The molecule has 13 heteroatoms. The van der Waals surface area contributed by atoms with Gasteiger partial charge in [-0.3, -0.25) is 20.1 Å². The number of ether oxygens (including phenoxy) is 2. The number of hydrogen-bond donors (Lipinski definition) is 6. The second-order valence-corrected chi connectivity index (χ2v) is 10.7. The van der Waals surface area contributed by atoms with Gasteiger partial charge >= 0.3 is 6.09 Å². The molecule has 2 unspecified atom stereocenters. The third-order valence-corrected chi connectivity index (χ3v) is 5.85. The molecule has 7 N–H and O–H groups in total. The van der Waals surface area contributed by atoms with Crippen LogP contribution in [0.25, 0.3) is 0 Å². The first-order chi connectivity index (χ1) is 19.5. The van der Waals surface area contributed by atoms with E-state index in [-0.39, 0.29) is 25.5 Å². The van der Waals surface area contributed by atoms with Crippen LogP contribution in [0, 0.1) is 0 Å². The highest BCUT2D eigenvalue weighted by molar-refractivity contribution is 5.91. The molecule has 0 aliphatic heterocycles. The first-order valence-electron chi connectivity index (χ1n) is 14.1. The Balaban J connectivity index is 3.04. The summed E-state index contributed by atoms with van der Waals surface area (Å²) in [6.07, 6.45) is 3.07. The molecule has 41 heavy (non-hydrogen) atoms. The van der Waals surface area contributed by atoms with E-state index >= 15 is 0 Å². The molecule has 0 radical (unpaired) electrons. The van der Waals surface area contributed by atoms with Crippen molar-refractivity contribution in [1.82, 2.24) is 16.0 Å². The van der Waals surface area contributed by atoms with Gasteiger partial charge in [0.15, 0.2) is 6.10 Å². The van der Waals surface area contributed by atoms with Gasteiger partial charge in [-0.15, -0.1) is 0 Å². The molecular formula is C28H48N4O9. The molecule has 1 rings (SSSR count). The number of carbonyl (C=O) groups excluding carboxylic acids is 3. The van der Waals surface area contributed by atoms with Gasteiger partial charge in [0.05, 0.1) is 0 Å². The number of nitrogens with one attached hydrogen (secondary N) is 3. The highest BCUT2D eigenvalue weighted by Crippen LogP contribution is 2.16. The van der Waals surface area contributed by atoms with Gasteiger partial charge in [0.1, 0.15) is 36.6 Å². The number of carbonyl (C=O) groups is 3. The summed E-state index contributed by atoms with van der Waals surface area (Å²) < 4.78 is 10.9. The molecule has 1 aromatic rings. The molecule has 0 saturated carbocycles. The lowest BCUT2D eigenvalue weighted by molar-refractivity contribution is -0.286. The number of hydrogen-bond acceptors (Lipinski definition) is 10. The summed E-state index contributed by atoms with van der Waals surface area (Å²) in [6.45, 7) is 7.73. The van der Waals surface area contributed by atoms with Gasteiger partial charge < -0.3 is 31.2 Å². The monoisotopic (exact) mass is 584 g/mol. The van der Waals surface area contributed by atoms with Crippen LogP contribution in [0.5, 0.6) is 5.75 Å². The van der Waals surface area contributed by atoms with Crippen LogP contribution in [-0.2, 0) is 30.5 Å². The number of nitrogens with two attached hydrogens (primary N) is 1. The predicted octanol–water partition coefficient (Wildman–Crippen LogP) is 2.77. The summed E-state index contributed by atoms with van der Waals surface area (Å²) in [7, 11) is 0. The van der Waals surface area contributed by atoms with E-state index in [4.69, 9.17) is 25.7 Å². The second-order valence-electron chi connectivity index (χ2n) is 10.7. The fourth-order valence-corrected chi connectivity index (χ4v) is 3.82. The third kappa shape index (κ3) is 16.2. The summed E-state index contributed by atoms with van der Waals surface area (Å²) in [5.74, 6) is -0.426. The fraction of sp³-hybridized carbons (Fsp3) is 0.679. The first-order valence-corrected chi connectivity index (χ1v) is 14.1. The topological polar surface area (TPSA) is 191 Å². The summed E-state index contributed by atoms with van der Waals surface area (Å²) in [6, 6.07) is 4.93. The van der Waals surface area contributed by atoms with Crippen molar-refractivity contribution in [3.05, 3.63) is 29.8 Å². The molecular weight excluding hydrogens is 536 g/mol. The lowest BCUT2D eigenvalue weighted by Crippen LogP contribution is -2.55. The van der Waals surface area contributed by atoms with Gasteiger partial charge in [-0.1, -0.05) is 31.9 Å². The zero-order valence-electron chi connectivity index (χ0n) is 24.6. The average Bonchev–Trinajstić information content (AvgIpc) is 2.90. The van der Waals surface area contributed by atoms with Crippen LogP contribution in [0.3, 0.4) is 0 Å². The van der Waals surface area contributed by atoms with Crippen LogP contribution in [0.15, 0.2) is 24.3 Å². The summed E-state index contributed by atoms with van der Waals surface area (Å²) in [5, 5.41) is 25.7. The van der Waals surface area contributed by atoms with E-state index in [1.807, 2.05) is 0 Å². The van der Waals surface area contributed by atoms with E-state index in [0.717, 1.165) is 24.8 Å². The molecule has 0 spiro atoms. The molecule has 3 amide bonds. The number of amides is 3.